The average molecular weight is 271 g/mol. The number of carboxylic acids is 1. The molecule has 0 aliphatic carbocycles. The molecule has 0 spiro atoms. The molecule has 0 amide bonds. The molecule has 1 aromatic carbocycles. The lowest BCUT2D eigenvalue weighted by atomic mass is 10.1. The lowest BCUT2D eigenvalue weighted by molar-refractivity contribution is -0.141. The van der Waals surface area contributed by atoms with Gasteiger partial charge in [-0.3, -0.25) is 4.79 Å². The Morgan fingerprint density at radius 2 is 1.89 bits per heavy atom. The third-order valence-electron chi connectivity index (χ3n) is 2.61. The standard InChI is InChI=1S/C12H17NO4S/c1-9(12(14)15)7-8-13-10-3-5-11(6-4-10)18(2,16)17/h3-6,9,13H,7-8H2,1-2H3,(H,14,15). The third-order valence-corrected chi connectivity index (χ3v) is 3.74. The molecule has 1 rings (SSSR count). The van der Waals surface area contributed by atoms with Crippen LogP contribution in [0.3, 0.4) is 0 Å². The number of aliphatic carboxylic acids is 1. The SMILES string of the molecule is CC(CCNc1ccc(S(C)(=O)=O)cc1)C(=O)O. The van der Waals surface area contributed by atoms with E-state index in [9.17, 15) is 13.2 Å². The molecule has 0 aromatic heterocycles. The number of carboxylic acid groups (broad SMARTS) is 1. The summed E-state index contributed by atoms with van der Waals surface area (Å²) in [5.74, 6) is -1.21. The molecule has 1 unspecified atom stereocenters. The molecule has 100 valence electrons. The number of nitrogens with one attached hydrogen (secondary N) is 1. The first kappa shape index (κ1) is 14.5. The molecular weight excluding hydrogens is 254 g/mol. The number of carbonyl (C=O) groups is 1. The summed E-state index contributed by atoms with van der Waals surface area (Å²) in [7, 11) is -3.17. The predicted molar refractivity (Wildman–Crippen MR) is 69.5 cm³/mol. The van der Waals surface area contributed by atoms with Crippen molar-refractivity contribution in [1.29, 1.82) is 0 Å². The number of benzene rings is 1. The van der Waals surface area contributed by atoms with Crippen LogP contribution in [0.1, 0.15) is 13.3 Å². The number of hydrogen-bond acceptors (Lipinski definition) is 4. The Hall–Kier alpha value is -1.56. The maximum absolute atomic E-state index is 11.2. The highest BCUT2D eigenvalue weighted by atomic mass is 32.2. The summed E-state index contributed by atoms with van der Waals surface area (Å²) < 4.78 is 22.5. The minimum atomic E-state index is -3.17. The van der Waals surface area contributed by atoms with E-state index in [0.717, 1.165) is 11.9 Å². The van der Waals surface area contributed by atoms with Gasteiger partial charge < -0.3 is 10.4 Å². The minimum Gasteiger partial charge on any atom is -0.481 e. The summed E-state index contributed by atoms with van der Waals surface area (Å²) in [6.07, 6.45) is 1.67. The second kappa shape index (κ2) is 5.86. The van der Waals surface area contributed by atoms with E-state index in [0.29, 0.717) is 13.0 Å². The molecule has 0 heterocycles. The van der Waals surface area contributed by atoms with Crippen LogP contribution in [0.4, 0.5) is 5.69 Å². The fourth-order valence-electron chi connectivity index (χ4n) is 1.38. The normalized spacial score (nSPS) is 13.0. The summed E-state index contributed by atoms with van der Waals surface area (Å²) in [5, 5.41) is 11.8. The van der Waals surface area contributed by atoms with Crippen molar-refractivity contribution in [2.45, 2.75) is 18.2 Å². The zero-order valence-corrected chi connectivity index (χ0v) is 11.2. The van der Waals surface area contributed by atoms with Gasteiger partial charge in [0.15, 0.2) is 9.84 Å². The Kier molecular flexibility index (Phi) is 4.72. The van der Waals surface area contributed by atoms with Gasteiger partial charge in [-0.25, -0.2) is 8.42 Å². The Morgan fingerprint density at radius 1 is 1.33 bits per heavy atom. The van der Waals surface area contributed by atoms with E-state index in [1.54, 1.807) is 19.1 Å². The third kappa shape index (κ3) is 4.37. The first-order valence-electron chi connectivity index (χ1n) is 5.57. The van der Waals surface area contributed by atoms with Gasteiger partial charge in [-0.2, -0.15) is 0 Å². The van der Waals surface area contributed by atoms with E-state index in [1.165, 1.54) is 12.1 Å². The van der Waals surface area contributed by atoms with Crippen molar-refractivity contribution in [1.82, 2.24) is 0 Å². The van der Waals surface area contributed by atoms with E-state index in [4.69, 9.17) is 5.11 Å². The highest BCUT2D eigenvalue weighted by Gasteiger charge is 2.10. The van der Waals surface area contributed by atoms with Gasteiger partial charge in [-0.1, -0.05) is 6.92 Å². The molecule has 0 saturated heterocycles. The van der Waals surface area contributed by atoms with Crippen LogP contribution in [0.5, 0.6) is 0 Å². The van der Waals surface area contributed by atoms with Crippen LogP contribution in [0.15, 0.2) is 29.2 Å². The maximum atomic E-state index is 11.2. The van der Waals surface area contributed by atoms with E-state index in [1.807, 2.05) is 0 Å². The molecule has 18 heavy (non-hydrogen) atoms. The van der Waals surface area contributed by atoms with Gasteiger partial charge in [0.1, 0.15) is 0 Å². The Bertz CT molecular complexity index is 507. The summed E-state index contributed by atoms with van der Waals surface area (Å²) in [6.45, 7) is 2.18. The lowest BCUT2D eigenvalue weighted by Gasteiger charge is -2.09. The van der Waals surface area contributed by atoms with Gasteiger partial charge >= 0.3 is 5.97 Å². The number of hydrogen-bond donors (Lipinski definition) is 2. The van der Waals surface area contributed by atoms with Crippen molar-refractivity contribution in [3.8, 4) is 0 Å². The first-order valence-corrected chi connectivity index (χ1v) is 7.46. The van der Waals surface area contributed by atoms with Crippen LogP contribution in [-0.2, 0) is 14.6 Å². The number of rotatable bonds is 6. The molecular formula is C12H17NO4S. The minimum absolute atomic E-state index is 0.270. The summed E-state index contributed by atoms with van der Waals surface area (Å²) in [4.78, 5) is 10.9. The molecule has 6 heteroatoms. The Labute approximate surface area is 107 Å². The van der Waals surface area contributed by atoms with Gasteiger partial charge in [0.05, 0.1) is 10.8 Å². The number of sulfone groups is 1. The first-order chi connectivity index (χ1) is 8.30. The fraction of sp³-hybridized carbons (Fsp3) is 0.417. The van der Waals surface area contributed by atoms with Crippen molar-refractivity contribution in [2.24, 2.45) is 5.92 Å². The molecule has 2 N–H and O–H groups in total. The average Bonchev–Trinajstić information content (AvgIpc) is 2.28. The van der Waals surface area contributed by atoms with Crippen molar-refractivity contribution in [3.63, 3.8) is 0 Å². The highest BCUT2D eigenvalue weighted by molar-refractivity contribution is 7.90. The zero-order valence-electron chi connectivity index (χ0n) is 10.4. The van der Waals surface area contributed by atoms with Crippen LogP contribution >= 0.6 is 0 Å². The van der Waals surface area contributed by atoms with Crippen LogP contribution in [0.25, 0.3) is 0 Å². The van der Waals surface area contributed by atoms with Gasteiger partial charge in [0.25, 0.3) is 0 Å². The van der Waals surface area contributed by atoms with Crippen LogP contribution in [0, 0.1) is 5.92 Å². The summed E-state index contributed by atoms with van der Waals surface area (Å²) in [6, 6.07) is 6.39. The summed E-state index contributed by atoms with van der Waals surface area (Å²) in [5.41, 5.74) is 0.778. The second-order valence-electron chi connectivity index (χ2n) is 4.25. The molecule has 0 aliphatic rings. The van der Waals surface area contributed by atoms with Crippen LogP contribution in [0.2, 0.25) is 0 Å². The molecule has 5 nitrogen and oxygen atoms in total. The topological polar surface area (TPSA) is 83.5 Å². The fourth-order valence-corrected chi connectivity index (χ4v) is 2.01. The maximum Gasteiger partial charge on any atom is 0.306 e. The smallest absolute Gasteiger partial charge is 0.306 e. The van der Waals surface area contributed by atoms with Crippen molar-refractivity contribution >= 4 is 21.5 Å². The molecule has 0 aliphatic heterocycles. The van der Waals surface area contributed by atoms with E-state index in [-0.39, 0.29) is 4.90 Å². The molecule has 0 radical (unpaired) electrons. The number of anilines is 1. The summed E-state index contributed by atoms with van der Waals surface area (Å²) >= 11 is 0. The van der Waals surface area contributed by atoms with Crippen LogP contribution in [-0.4, -0.2) is 32.3 Å². The van der Waals surface area contributed by atoms with Gasteiger partial charge in [0, 0.05) is 18.5 Å². The predicted octanol–water partition coefficient (Wildman–Crippen LogP) is 1.61. The Balaban J connectivity index is 2.52. The van der Waals surface area contributed by atoms with Gasteiger partial charge in [0.2, 0.25) is 0 Å². The molecule has 1 atom stereocenters. The van der Waals surface area contributed by atoms with E-state index < -0.39 is 21.7 Å². The molecule has 0 fully saturated rings. The van der Waals surface area contributed by atoms with E-state index in [2.05, 4.69) is 5.32 Å². The van der Waals surface area contributed by atoms with Crippen molar-refractivity contribution in [2.75, 3.05) is 18.1 Å². The highest BCUT2D eigenvalue weighted by Crippen LogP contribution is 2.14. The Morgan fingerprint density at radius 3 is 2.33 bits per heavy atom. The monoisotopic (exact) mass is 271 g/mol. The quantitative estimate of drug-likeness (QED) is 0.821. The van der Waals surface area contributed by atoms with Crippen LogP contribution < -0.4 is 5.32 Å². The van der Waals surface area contributed by atoms with Crippen molar-refractivity contribution in [3.05, 3.63) is 24.3 Å². The second-order valence-corrected chi connectivity index (χ2v) is 6.27. The zero-order chi connectivity index (χ0) is 13.8. The lowest BCUT2D eigenvalue weighted by Crippen LogP contribution is -2.14. The molecule has 0 bridgehead atoms. The van der Waals surface area contributed by atoms with Gasteiger partial charge in [-0.15, -0.1) is 0 Å². The van der Waals surface area contributed by atoms with E-state index >= 15 is 0 Å². The molecule has 0 saturated carbocycles. The largest absolute Gasteiger partial charge is 0.481 e. The molecule has 1 aromatic rings. The van der Waals surface area contributed by atoms with Gasteiger partial charge in [-0.05, 0) is 30.7 Å². The van der Waals surface area contributed by atoms with Crippen molar-refractivity contribution < 1.29 is 18.3 Å².